The van der Waals surface area contributed by atoms with Crippen molar-refractivity contribution >= 4 is 29.1 Å². The number of esters is 1. The van der Waals surface area contributed by atoms with Crippen molar-refractivity contribution in [2.45, 2.75) is 32.2 Å². The van der Waals surface area contributed by atoms with Gasteiger partial charge in [-0.05, 0) is 78.9 Å². The van der Waals surface area contributed by atoms with E-state index in [0.29, 0.717) is 29.0 Å². The van der Waals surface area contributed by atoms with E-state index in [0.717, 1.165) is 24.2 Å². The number of phenolic OH excluding ortho intramolecular Hbond substituents is 1. The molecule has 1 fully saturated rings. The molecule has 0 spiro atoms. The Morgan fingerprint density at radius 2 is 1.79 bits per heavy atom. The second kappa shape index (κ2) is 10.4. The second-order valence-corrected chi connectivity index (χ2v) is 9.18. The largest absolute Gasteiger partial charge is 0.508 e. The van der Waals surface area contributed by atoms with Crippen molar-refractivity contribution in [3.63, 3.8) is 0 Å². The number of aromatic hydroxyl groups is 1. The number of aryl methyl sites for hydroxylation is 1. The summed E-state index contributed by atoms with van der Waals surface area (Å²) in [7, 11) is 0. The molecular formula is C30H27NO7. The molecule has 0 aromatic heterocycles. The molecule has 8 heteroatoms. The van der Waals surface area contributed by atoms with E-state index in [1.807, 2.05) is 0 Å². The number of benzene rings is 3. The Labute approximate surface area is 219 Å². The van der Waals surface area contributed by atoms with Crippen LogP contribution in [0.4, 0.5) is 5.69 Å². The molecule has 0 bridgehead atoms. The highest BCUT2D eigenvalue weighted by atomic mass is 16.5. The quantitative estimate of drug-likeness (QED) is 0.217. The minimum absolute atomic E-state index is 0.0312. The Balaban J connectivity index is 1.58. The van der Waals surface area contributed by atoms with Gasteiger partial charge in [0.2, 0.25) is 0 Å². The maximum absolute atomic E-state index is 13.4. The highest BCUT2D eigenvalue weighted by Gasteiger charge is 2.47. The molecule has 1 unspecified atom stereocenters. The number of fused-ring (bicyclic) bond motifs is 1. The van der Waals surface area contributed by atoms with Gasteiger partial charge in [0.25, 0.3) is 11.7 Å². The molecule has 1 atom stereocenters. The summed E-state index contributed by atoms with van der Waals surface area (Å²) in [4.78, 5) is 39.9. The molecule has 2 aliphatic heterocycles. The van der Waals surface area contributed by atoms with Gasteiger partial charge in [-0.2, -0.15) is 0 Å². The fraction of sp³-hybridized carbons (Fsp3) is 0.233. The van der Waals surface area contributed by atoms with Crippen LogP contribution in [0.5, 0.6) is 11.5 Å². The van der Waals surface area contributed by atoms with E-state index in [9.17, 15) is 24.6 Å². The number of rotatable bonds is 6. The number of Topliss-reactive ketones (excluding diaryl/α,β-unsaturated/α-hetero) is 1. The first-order chi connectivity index (χ1) is 18.4. The van der Waals surface area contributed by atoms with Gasteiger partial charge in [-0.1, -0.05) is 24.3 Å². The van der Waals surface area contributed by atoms with Gasteiger partial charge in [-0.25, -0.2) is 0 Å². The number of carbonyl (C=O) groups excluding carboxylic acids is 3. The predicted molar refractivity (Wildman–Crippen MR) is 140 cm³/mol. The van der Waals surface area contributed by atoms with E-state index in [1.54, 1.807) is 61.5 Å². The molecule has 8 nitrogen and oxygen atoms in total. The molecule has 3 aromatic rings. The van der Waals surface area contributed by atoms with E-state index in [4.69, 9.17) is 9.47 Å². The van der Waals surface area contributed by atoms with E-state index in [2.05, 4.69) is 0 Å². The molecule has 0 saturated carbocycles. The molecule has 0 aliphatic carbocycles. The van der Waals surface area contributed by atoms with Gasteiger partial charge in [-0.15, -0.1) is 0 Å². The zero-order chi connectivity index (χ0) is 26.8. The van der Waals surface area contributed by atoms with E-state index >= 15 is 0 Å². The smallest absolute Gasteiger partial charge is 0.310 e. The first kappa shape index (κ1) is 25.1. The Bertz CT molecular complexity index is 1420. The molecule has 3 aromatic carbocycles. The third-order valence-electron chi connectivity index (χ3n) is 6.70. The summed E-state index contributed by atoms with van der Waals surface area (Å²) in [6.45, 7) is 2.65. The third kappa shape index (κ3) is 4.72. The molecule has 38 heavy (non-hydrogen) atoms. The third-order valence-corrected chi connectivity index (χ3v) is 6.70. The number of ether oxygens (including phenoxy) is 2. The molecule has 2 aliphatic rings. The van der Waals surface area contributed by atoms with Gasteiger partial charge in [0, 0.05) is 11.3 Å². The SMILES string of the molecule is CCOC(=O)Cc1ccc(N2C(=O)C(=O)/C(=C(\O)c3ccc4c(c3)CCCO4)C2c2ccc(O)cc2)cc1. The Morgan fingerprint density at radius 3 is 2.50 bits per heavy atom. The lowest BCUT2D eigenvalue weighted by Gasteiger charge is -2.26. The maximum Gasteiger partial charge on any atom is 0.310 e. The number of hydrogen-bond acceptors (Lipinski definition) is 7. The molecular weight excluding hydrogens is 486 g/mol. The molecule has 2 heterocycles. The summed E-state index contributed by atoms with van der Waals surface area (Å²) in [5.74, 6) is -1.47. The standard InChI is InChI=1S/C30H27NO7/c1-2-37-25(33)16-18-5-10-22(11-6-18)31-27(19-7-12-23(32)13-8-19)26(29(35)30(31)36)28(34)21-9-14-24-20(17-21)4-3-15-38-24/h5-14,17,27,32,34H,2-4,15-16H2,1H3/b28-26-. The lowest BCUT2D eigenvalue weighted by atomic mass is 9.93. The molecule has 0 radical (unpaired) electrons. The van der Waals surface area contributed by atoms with Crippen LogP contribution in [0.3, 0.4) is 0 Å². The molecule has 5 rings (SSSR count). The van der Waals surface area contributed by atoms with Crippen LogP contribution in [0.25, 0.3) is 5.76 Å². The van der Waals surface area contributed by atoms with Gasteiger partial charge < -0.3 is 19.7 Å². The minimum atomic E-state index is -0.932. The molecule has 2 N–H and O–H groups in total. The van der Waals surface area contributed by atoms with Crippen LogP contribution in [0.15, 0.2) is 72.3 Å². The summed E-state index contributed by atoms with van der Waals surface area (Å²) in [5, 5.41) is 21.2. The van der Waals surface area contributed by atoms with Crippen LogP contribution >= 0.6 is 0 Å². The van der Waals surface area contributed by atoms with E-state index in [1.165, 1.54) is 17.0 Å². The lowest BCUT2D eigenvalue weighted by molar-refractivity contribution is -0.142. The van der Waals surface area contributed by atoms with Crippen molar-refractivity contribution in [2.24, 2.45) is 0 Å². The van der Waals surface area contributed by atoms with Crippen LogP contribution in [0.2, 0.25) is 0 Å². The van der Waals surface area contributed by atoms with Crippen molar-refractivity contribution in [3.8, 4) is 11.5 Å². The van der Waals surface area contributed by atoms with Gasteiger partial charge >= 0.3 is 5.97 Å². The predicted octanol–water partition coefficient (Wildman–Crippen LogP) is 4.45. The van der Waals surface area contributed by atoms with Crippen molar-refractivity contribution in [1.82, 2.24) is 0 Å². The highest BCUT2D eigenvalue weighted by molar-refractivity contribution is 6.51. The summed E-state index contributed by atoms with van der Waals surface area (Å²) in [6.07, 6.45) is 1.71. The number of phenols is 1. The highest BCUT2D eigenvalue weighted by Crippen LogP contribution is 2.43. The molecule has 194 valence electrons. The number of amides is 1. The maximum atomic E-state index is 13.4. The van der Waals surface area contributed by atoms with Crippen LogP contribution in [-0.2, 0) is 32.0 Å². The number of hydrogen-bond donors (Lipinski definition) is 2. The van der Waals surface area contributed by atoms with Crippen molar-refractivity contribution in [1.29, 1.82) is 0 Å². The molecule has 1 saturated heterocycles. The Kier molecular flexibility index (Phi) is 6.87. The summed E-state index contributed by atoms with van der Waals surface area (Å²) in [6, 6.07) is 17.2. The lowest BCUT2D eigenvalue weighted by Crippen LogP contribution is -2.29. The molecule has 1 amide bonds. The summed E-state index contributed by atoms with van der Waals surface area (Å²) in [5.41, 5.74) is 2.96. The Hall–Kier alpha value is -4.59. The Morgan fingerprint density at radius 1 is 1.05 bits per heavy atom. The topological polar surface area (TPSA) is 113 Å². The number of nitrogens with zero attached hydrogens (tertiary/aromatic N) is 1. The number of anilines is 1. The average Bonchev–Trinajstić information content (AvgIpc) is 3.19. The minimum Gasteiger partial charge on any atom is -0.508 e. The van der Waals surface area contributed by atoms with Crippen molar-refractivity contribution in [2.75, 3.05) is 18.1 Å². The van der Waals surface area contributed by atoms with Gasteiger partial charge in [0.05, 0.1) is 31.2 Å². The fourth-order valence-corrected chi connectivity index (χ4v) is 4.89. The van der Waals surface area contributed by atoms with Gasteiger partial charge in [0.1, 0.15) is 17.3 Å². The van der Waals surface area contributed by atoms with Crippen molar-refractivity contribution in [3.05, 3.63) is 94.6 Å². The van der Waals surface area contributed by atoms with Crippen LogP contribution < -0.4 is 9.64 Å². The first-order valence-electron chi connectivity index (χ1n) is 12.5. The van der Waals surface area contributed by atoms with Crippen LogP contribution in [0, 0.1) is 0 Å². The van der Waals surface area contributed by atoms with Crippen LogP contribution in [0.1, 0.15) is 41.6 Å². The van der Waals surface area contributed by atoms with Crippen LogP contribution in [-0.4, -0.2) is 41.1 Å². The summed E-state index contributed by atoms with van der Waals surface area (Å²) < 4.78 is 10.7. The zero-order valence-electron chi connectivity index (χ0n) is 20.8. The number of aliphatic hydroxyl groups is 1. The van der Waals surface area contributed by atoms with E-state index in [-0.39, 0.29) is 36.1 Å². The number of ketones is 1. The second-order valence-electron chi connectivity index (χ2n) is 9.18. The average molecular weight is 514 g/mol. The zero-order valence-corrected chi connectivity index (χ0v) is 20.8. The van der Waals surface area contributed by atoms with Gasteiger partial charge in [0.15, 0.2) is 0 Å². The van der Waals surface area contributed by atoms with E-state index < -0.39 is 17.7 Å². The number of carbonyl (C=O) groups is 3. The van der Waals surface area contributed by atoms with Crippen molar-refractivity contribution < 1.29 is 34.1 Å². The summed E-state index contributed by atoms with van der Waals surface area (Å²) >= 11 is 0. The van der Waals surface area contributed by atoms with Gasteiger partial charge in [-0.3, -0.25) is 19.3 Å². The first-order valence-corrected chi connectivity index (χ1v) is 12.5. The number of aliphatic hydroxyl groups excluding tert-OH is 1. The monoisotopic (exact) mass is 513 g/mol. The normalized spacial score (nSPS) is 18.1. The fourth-order valence-electron chi connectivity index (χ4n) is 4.89.